The topological polar surface area (TPSA) is 42.1 Å². The standard InChI is InChI=1S/C17H22FN3/c1-13(19)17(14-6-8-15(18)9-7-14)21(2)12-10-16-5-3-4-11-20-16/h3-9,11,13,17H,10,12,19H2,1-2H3. The zero-order valence-electron chi connectivity index (χ0n) is 12.5. The summed E-state index contributed by atoms with van der Waals surface area (Å²) in [6, 6.07) is 12.5. The predicted octanol–water partition coefficient (Wildman–Crippen LogP) is 2.78. The number of rotatable bonds is 6. The zero-order chi connectivity index (χ0) is 15.2. The number of likely N-dealkylation sites (N-methyl/N-ethyl adjacent to an activating group) is 1. The van der Waals surface area contributed by atoms with Crippen molar-refractivity contribution in [3.05, 3.63) is 65.7 Å². The molecule has 0 fully saturated rings. The highest BCUT2D eigenvalue weighted by molar-refractivity contribution is 5.21. The molecule has 0 spiro atoms. The lowest BCUT2D eigenvalue weighted by Gasteiger charge is -2.31. The van der Waals surface area contributed by atoms with Gasteiger partial charge in [0.25, 0.3) is 0 Å². The summed E-state index contributed by atoms with van der Waals surface area (Å²) >= 11 is 0. The normalized spacial score (nSPS) is 14.1. The fraction of sp³-hybridized carbons (Fsp3) is 0.353. The monoisotopic (exact) mass is 287 g/mol. The molecule has 1 aromatic carbocycles. The van der Waals surface area contributed by atoms with Crippen LogP contribution in [0.1, 0.15) is 24.2 Å². The van der Waals surface area contributed by atoms with Crippen molar-refractivity contribution >= 4 is 0 Å². The van der Waals surface area contributed by atoms with Crippen LogP contribution in [-0.2, 0) is 6.42 Å². The van der Waals surface area contributed by atoms with E-state index in [-0.39, 0.29) is 17.9 Å². The molecule has 1 aromatic heterocycles. The molecule has 0 bridgehead atoms. The third-order valence-corrected chi connectivity index (χ3v) is 3.63. The molecule has 0 saturated heterocycles. The molecular formula is C17H22FN3. The van der Waals surface area contributed by atoms with E-state index in [0.717, 1.165) is 24.2 Å². The Morgan fingerprint density at radius 1 is 1.19 bits per heavy atom. The third-order valence-electron chi connectivity index (χ3n) is 3.63. The summed E-state index contributed by atoms with van der Waals surface area (Å²) in [6.45, 7) is 2.83. The molecule has 2 aromatic rings. The van der Waals surface area contributed by atoms with Gasteiger partial charge in [0, 0.05) is 36.9 Å². The second kappa shape index (κ2) is 7.29. The van der Waals surface area contributed by atoms with Crippen LogP contribution < -0.4 is 5.73 Å². The van der Waals surface area contributed by atoms with E-state index >= 15 is 0 Å². The van der Waals surface area contributed by atoms with E-state index in [0.29, 0.717) is 0 Å². The molecule has 112 valence electrons. The van der Waals surface area contributed by atoms with Crippen molar-refractivity contribution in [2.45, 2.75) is 25.4 Å². The lowest BCUT2D eigenvalue weighted by Crippen LogP contribution is -2.38. The number of benzene rings is 1. The Bertz CT molecular complexity index is 540. The molecule has 0 amide bonds. The van der Waals surface area contributed by atoms with E-state index in [1.54, 1.807) is 18.3 Å². The summed E-state index contributed by atoms with van der Waals surface area (Å²) in [5, 5.41) is 0. The van der Waals surface area contributed by atoms with Crippen LogP contribution in [0.4, 0.5) is 4.39 Å². The summed E-state index contributed by atoms with van der Waals surface area (Å²) < 4.78 is 13.1. The molecule has 2 atom stereocenters. The van der Waals surface area contributed by atoms with Crippen molar-refractivity contribution in [1.29, 1.82) is 0 Å². The van der Waals surface area contributed by atoms with Crippen molar-refractivity contribution in [2.24, 2.45) is 5.73 Å². The average Bonchev–Trinajstić information content (AvgIpc) is 2.48. The summed E-state index contributed by atoms with van der Waals surface area (Å²) in [4.78, 5) is 6.53. The first kappa shape index (κ1) is 15.6. The van der Waals surface area contributed by atoms with E-state index in [1.165, 1.54) is 12.1 Å². The summed E-state index contributed by atoms with van der Waals surface area (Å²) in [6.07, 6.45) is 2.67. The molecule has 0 aliphatic carbocycles. The Labute approximate surface area is 125 Å². The summed E-state index contributed by atoms with van der Waals surface area (Å²) in [7, 11) is 2.04. The van der Waals surface area contributed by atoms with Gasteiger partial charge in [0.2, 0.25) is 0 Å². The Morgan fingerprint density at radius 3 is 2.48 bits per heavy atom. The quantitative estimate of drug-likeness (QED) is 0.888. The minimum atomic E-state index is -0.224. The van der Waals surface area contributed by atoms with Crippen LogP contribution in [0.15, 0.2) is 48.7 Å². The fourth-order valence-corrected chi connectivity index (χ4v) is 2.60. The van der Waals surface area contributed by atoms with Crippen molar-refractivity contribution in [2.75, 3.05) is 13.6 Å². The first-order valence-electron chi connectivity index (χ1n) is 7.19. The lowest BCUT2D eigenvalue weighted by atomic mass is 9.99. The van der Waals surface area contributed by atoms with Gasteiger partial charge in [0.05, 0.1) is 0 Å². The lowest BCUT2D eigenvalue weighted by molar-refractivity contribution is 0.221. The van der Waals surface area contributed by atoms with Crippen molar-refractivity contribution < 1.29 is 4.39 Å². The maximum absolute atomic E-state index is 13.1. The van der Waals surface area contributed by atoms with Gasteiger partial charge >= 0.3 is 0 Å². The van der Waals surface area contributed by atoms with Gasteiger partial charge in [-0.25, -0.2) is 4.39 Å². The van der Waals surface area contributed by atoms with Crippen LogP contribution in [0.2, 0.25) is 0 Å². The molecule has 2 unspecified atom stereocenters. The fourth-order valence-electron chi connectivity index (χ4n) is 2.60. The number of hydrogen-bond acceptors (Lipinski definition) is 3. The molecule has 0 radical (unpaired) electrons. The number of nitrogens with two attached hydrogens (primary N) is 1. The molecule has 1 heterocycles. The number of pyridine rings is 1. The number of aromatic nitrogens is 1. The SMILES string of the molecule is CC(N)C(c1ccc(F)cc1)N(C)CCc1ccccn1. The molecule has 4 heteroatoms. The zero-order valence-corrected chi connectivity index (χ0v) is 12.5. The molecule has 2 N–H and O–H groups in total. The third kappa shape index (κ3) is 4.34. The van der Waals surface area contributed by atoms with Crippen LogP contribution >= 0.6 is 0 Å². The number of halogens is 1. The Kier molecular flexibility index (Phi) is 5.42. The van der Waals surface area contributed by atoms with Gasteiger partial charge in [-0.3, -0.25) is 9.88 Å². The highest BCUT2D eigenvalue weighted by atomic mass is 19.1. The van der Waals surface area contributed by atoms with Gasteiger partial charge in [0.1, 0.15) is 5.82 Å². The maximum Gasteiger partial charge on any atom is 0.123 e. The maximum atomic E-state index is 13.1. The second-order valence-electron chi connectivity index (χ2n) is 5.41. The number of nitrogens with zero attached hydrogens (tertiary/aromatic N) is 2. The minimum Gasteiger partial charge on any atom is -0.326 e. The van der Waals surface area contributed by atoms with Gasteiger partial charge in [-0.2, -0.15) is 0 Å². The van der Waals surface area contributed by atoms with E-state index in [1.807, 2.05) is 32.2 Å². The van der Waals surface area contributed by atoms with Crippen LogP contribution in [-0.4, -0.2) is 29.5 Å². The second-order valence-corrected chi connectivity index (χ2v) is 5.41. The minimum absolute atomic E-state index is 0.0378. The van der Waals surface area contributed by atoms with Crippen LogP contribution in [0, 0.1) is 5.82 Å². The highest BCUT2D eigenvalue weighted by Crippen LogP contribution is 2.22. The molecule has 21 heavy (non-hydrogen) atoms. The first-order chi connectivity index (χ1) is 10.1. The van der Waals surface area contributed by atoms with Crippen molar-refractivity contribution in [3.8, 4) is 0 Å². The van der Waals surface area contributed by atoms with Gasteiger partial charge < -0.3 is 5.73 Å². The Morgan fingerprint density at radius 2 is 1.90 bits per heavy atom. The first-order valence-corrected chi connectivity index (χ1v) is 7.19. The summed E-state index contributed by atoms with van der Waals surface area (Å²) in [5.41, 5.74) is 8.22. The van der Waals surface area contributed by atoms with Crippen LogP contribution in [0.5, 0.6) is 0 Å². The molecular weight excluding hydrogens is 265 g/mol. The van der Waals surface area contributed by atoms with Gasteiger partial charge in [0.15, 0.2) is 0 Å². The average molecular weight is 287 g/mol. The molecule has 2 rings (SSSR count). The smallest absolute Gasteiger partial charge is 0.123 e. The van der Waals surface area contributed by atoms with E-state index < -0.39 is 0 Å². The van der Waals surface area contributed by atoms with Gasteiger partial charge in [-0.15, -0.1) is 0 Å². The Hall–Kier alpha value is -1.78. The molecule has 0 aliphatic rings. The predicted molar refractivity (Wildman–Crippen MR) is 83.4 cm³/mol. The van der Waals surface area contributed by atoms with Crippen LogP contribution in [0.3, 0.4) is 0 Å². The van der Waals surface area contributed by atoms with E-state index in [4.69, 9.17) is 5.73 Å². The van der Waals surface area contributed by atoms with Gasteiger partial charge in [-0.1, -0.05) is 18.2 Å². The summed E-state index contributed by atoms with van der Waals surface area (Å²) in [5.74, 6) is -0.224. The van der Waals surface area contributed by atoms with Gasteiger partial charge in [-0.05, 0) is 43.8 Å². The molecule has 0 aliphatic heterocycles. The Balaban J connectivity index is 2.05. The van der Waals surface area contributed by atoms with Crippen LogP contribution in [0.25, 0.3) is 0 Å². The highest BCUT2D eigenvalue weighted by Gasteiger charge is 2.21. The van der Waals surface area contributed by atoms with Crippen molar-refractivity contribution in [1.82, 2.24) is 9.88 Å². The van der Waals surface area contributed by atoms with E-state index in [9.17, 15) is 4.39 Å². The number of hydrogen-bond donors (Lipinski definition) is 1. The van der Waals surface area contributed by atoms with E-state index in [2.05, 4.69) is 9.88 Å². The molecule has 0 saturated carbocycles. The molecule has 3 nitrogen and oxygen atoms in total. The largest absolute Gasteiger partial charge is 0.326 e. The van der Waals surface area contributed by atoms with Crippen molar-refractivity contribution in [3.63, 3.8) is 0 Å².